The highest BCUT2D eigenvalue weighted by molar-refractivity contribution is 5.92. The summed E-state index contributed by atoms with van der Waals surface area (Å²) in [5.74, 6) is 0.153. The van der Waals surface area contributed by atoms with Crippen LogP contribution < -0.4 is 9.47 Å². The van der Waals surface area contributed by atoms with Crippen molar-refractivity contribution in [1.82, 2.24) is 0 Å². The van der Waals surface area contributed by atoms with Gasteiger partial charge in [0, 0.05) is 6.07 Å². The first-order valence-corrected chi connectivity index (χ1v) is 7.61. The fraction of sp³-hybridized carbons (Fsp3) is 0.278. The van der Waals surface area contributed by atoms with Gasteiger partial charge in [0.05, 0.1) is 13.7 Å². The predicted octanol–water partition coefficient (Wildman–Crippen LogP) is 2.70. The van der Waals surface area contributed by atoms with Crippen LogP contribution in [0.2, 0.25) is 0 Å². The van der Waals surface area contributed by atoms with Crippen molar-refractivity contribution in [3.05, 3.63) is 48.0 Å². The van der Waals surface area contributed by atoms with Crippen LogP contribution in [0.5, 0.6) is 23.0 Å². The van der Waals surface area contributed by atoms with Crippen molar-refractivity contribution in [1.29, 1.82) is 0 Å². The van der Waals surface area contributed by atoms with Gasteiger partial charge >= 0.3 is 5.97 Å². The number of esters is 1. The fourth-order valence-corrected chi connectivity index (χ4v) is 1.99. The van der Waals surface area contributed by atoms with Crippen LogP contribution in [0.25, 0.3) is 0 Å². The molecule has 0 amide bonds. The third-order valence-corrected chi connectivity index (χ3v) is 3.24. The minimum atomic E-state index is -0.819. The predicted molar refractivity (Wildman–Crippen MR) is 89.1 cm³/mol. The van der Waals surface area contributed by atoms with E-state index in [9.17, 15) is 15.0 Å². The number of hydrogen-bond donors (Lipinski definition) is 2. The number of hydrogen-bond acceptors (Lipinski definition) is 7. The summed E-state index contributed by atoms with van der Waals surface area (Å²) in [6, 6.07) is 10.7. The molecule has 2 aromatic rings. The number of phenolic OH excluding ortho intramolecular Hbond substituents is 2. The average molecular weight is 348 g/mol. The molecule has 0 aromatic heterocycles. The van der Waals surface area contributed by atoms with Gasteiger partial charge in [-0.3, -0.25) is 0 Å². The van der Waals surface area contributed by atoms with Gasteiger partial charge in [-0.05, 0) is 43.3 Å². The maximum absolute atomic E-state index is 11.9. The number of aromatic hydroxyl groups is 2. The number of ether oxygens (including phenoxy) is 4. The Balaban J connectivity index is 1.72. The second-order valence-corrected chi connectivity index (χ2v) is 5.07. The number of methoxy groups -OCH3 is 1. The Morgan fingerprint density at radius 2 is 1.72 bits per heavy atom. The van der Waals surface area contributed by atoms with E-state index < -0.39 is 12.3 Å². The SMILES string of the molecule is COc1ccc(OCCOC(C)OC(=O)c2ccc(O)cc2O)cc1. The van der Waals surface area contributed by atoms with Gasteiger partial charge in [0.2, 0.25) is 6.29 Å². The zero-order valence-electron chi connectivity index (χ0n) is 14.0. The summed E-state index contributed by atoms with van der Waals surface area (Å²) < 4.78 is 20.9. The minimum absolute atomic E-state index is 0.0530. The molecule has 0 aliphatic carbocycles. The molecule has 1 atom stereocenters. The summed E-state index contributed by atoms with van der Waals surface area (Å²) in [4.78, 5) is 11.9. The molecule has 0 bridgehead atoms. The van der Waals surface area contributed by atoms with Crippen molar-refractivity contribution in [3.8, 4) is 23.0 Å². The van der Waals surface area contributed by atoms with E-state index in [1.54, 1.807) is 38.3 Å². The standard InChI is InChI=1S/C18H20O7/c1-12(25-18(21)16-8-3-13(19)11-17(16)20)23-9-10-24-15-6-4-14(22-2)5-7-15/h3-8,11-12,19-20H,9-10H2,1-2H3. The van der Waals surface area contributed by atoms with Crippen molar-refractivity contribution >= 4 is 5.97 Å². The molecule has 0 saturated carbocycles. The molecule has 134 valence electrons. The topological polar surface area (TPSA) is 94.5 Å². The van der Waals surface area contributed by atoms with Gasteiger partial charge in [0.25, 0.3) is 0 Å². The van der Waals surface area contributed by atoms with Crippen LogP contribution in [-0.4, -0.2) is 42.8 Å². The van der Waals surface area contributed by atoms with Gasteiger partial charge in [-0.1, -0.05) is 0 Å². The van der Waals surface area contributed by atoms with Gasteiger partial charge in [-0.2, -0.15) is 0 Å². The highest BCUT2D eigenvalue weighted by Gasteiger charge is 2.16. The summed E-state index contributed by atoms with van der Waals surface area (Å²) >= 11 is 0. The maximum atomic E-state index is 11.9. The van der Waals surface area contributed by atoms with Gasteiger partial charge in [0.1, 0.15) is 35.2 Å². The third kappa shape index (κ3) is 5.58. The molecule has 7 nitrogen and oxygen atoms in total. The maximum Gasteiger partial charge on any atom is 0.344 e. The van der Waals surface area contributed by atoms with E-state index in [0.717, 1.165) is 11.8 Å². The van der Waals surface area contributed by atoms with E-state index in [1.165, 1.54) is 12.1 Å². The summed E-state index contributed by atoms with van der Waals surface area (Å²) in [6.07, 6.45) is -0.819. The lowest BCUT2D eigenvalue weighted by atomic mass is 10.2. The summed E-state index contributed by atoms with van der Waals surface area (Å²) in [7, 11) is 1.59. The van der Waals surface area contributed by atoms with Crippen LogP contribution in [0.15, 0.2) is 42.5 Å². The summed E-state index contributed by atoms with van der Waals surface area (Å²) in [5, 5.41) is 18.8. The van der Waals surface area contributed by atoms with E-state index in [4.69, 9.17) is 18.9 Å². The summed E-state index contributed by atoms with van der Waals surface area (Å²) in [5.41, 5.74) is -0.0530. The number of carbonyl (C=O) groups is 1. The van der Waals surface area contributed by atoms with Crippen LogP contribution in [0, 0.1) is 0 Å². The van der Waals surface area contributed by atoms with E-state index in [1.807, 2.05) is 0 Å². The number of rotatable bonds is 8. The lowest BCUT2D eigenvalue weighted by Crippen LogP contribution is -2.21. The molecule has 1 unspecified atom stereocenters. The van der Waals surface area contributed by atoms with Crippen molar-refractivity contribution < 1.29 is 34.0 Å². The molecule has 0 aliphatic heterocycles. The smallest absolute Gasteiger partial charge is 0.344 e. The third-order valence-electron chi connectivity index (χ3n) is 3.24. The Morgan fingerprint density at radius 1 is 1.04 bits per heavy atom. The Morgan fingerprint density at radius 3 is 2.36 bits per heavy atom. The number of benzene rings is 2. The van der Waals surface area contributed by atoms with Crippen LogP contribution in [0.3, 0.4) is 0 Å². The normalized spacial score (nSPS) is 11.6. The van der Waals surface area contributed by atoms with Crippen LogP contribution in [-0.2, 0) is 9.47 Å². The Bertz CT molecular complexity index is 697. The molecule has 25 heavy (non-hydrogen) atoms. The lowest BCUT2D eigenvalue weighted by molar-refractivity contribution is -0.103. The molecule has 7 heteroatoms. The molecule has 0 fully saturated rings. The number of phenols is 2. The summed E-state index contributed by atoms with van der Waals surface area (Å²) in [6.45, 7) is 2.05. The van der Waals surface area contributed by atoms with Crippen LogP contribution in [0.4, 0.5) is 0 Å². The first kappa shape index (κ1) is 18.4. The monoisotopic (exact) mass is 348 g/mol. The van der Waals surface area contributed by atoms with Crippen molar-refractivity contribution in [3.63, 3.8) is 0 Å². The lowest BCUT2D eigenvalue weighted by Gasteiger charge is -2.15. The van der Waals surface area contributed by atoms with Crippen molar-refractivity contribution in [2.75, 3.05) is 20.3 Å². The number of carbonyl (C=O) groups excluding carboxylic acids is 1. The van der Waals surface area contributed by atoms with Gasteiger partial charge in [-0.25, -0.2) is 4.79 Å². The molecular formula is C18H20O7. The first-order chi connectivity index (χ1) is 12.0. The minimum Gasteiger partial charge on any atom is -0.508 e. The fourth-order valence-electron chi connectivity index (χ4n) is 1.99. The Kier molecular flexibility index (Phi) is 6.47. The molecule has 0 heterocycles. The Hall–Kier alpha value is -2.93. The molecule has 0 radical (unpaired) electrons. The van der Waals surface area contributed by atoms with Gasteiger partial charge in [0.15, 0.2) is 0 Å². The molecule has 2 aromatic carbocycles. The molecular weight excluding hydrogens is 328 g/mol. The van der Waals surface area contributed by atoms with Gasteiger partial charge < -0.3 is 29.2 Å². The van der Waals surface area contributed by atoms with E-state index in [0.29, 0.717) is 5.75 Å². The molecule has 2 rings (SSSR count). The zero-order valence-corrected chi connectivity index (χ0v) is 14.0. The quantitative estimate of drug-likeness (QED) is 0.430. The highest BCUT2D eigenvalue weighted by Crippen LogP contribution is 2.23. The Labute approximate surface area is 145 Å². The van der Waals surface area contributed by atoms with Crippen LogP contribution >= 0.6 is 0 Å². The second-order valence-electron chi connectivity index (χ2n) is 5.07. The van der Waals surface area contributed by atoms with Gasteiger partial charge in [-0.15, -0.1) is 0 Å². The molecule has 0 spiro atoms. The van der Waals surface area contributed by atoms with Crippen molar-refractivity contribution in [2.45, 2.75) is 13.2 Å². The van der Waals surface area contributed by atoms with E-state index >= 15 is 0 Å². The zero-order chi connectivity index (χ0) is 18.2. The molecule has 2 N–H and O–H groups in total. The first-order valence-electron chi connectivity index (χ1n) is 7.61. The second kappa shape index (κ2) is 8.79. The highest BCUT2D eigenvalue weighted by atomic mass is 16.7. The largest absolute Gasteiger partial charge is 0.508 e. The van der Waals surface area contributed by atoms with Crippen LogP contribution in [0.1, 0.15) is 17.3 Å². The molecule has 0 aliphatic rings. The van der Waals surface area contributed by atoms with E-state index in [2.05, 4.69) is 0 Å². The van der Waals surface area contributed by atoms with Crippen molar-refractivity contribution in [2.24, 2.45) is 0 Å². The van der Waals surface area contributed by atoms with E-state index in [-0.39, 0.29) is 30.3 Å². The molecule has 0 saturated heterocycles. The average Bonchev–Trinajstić information content (AvgIpc) is 2.59.